The fourth-order valence-electron chi connectivity index (χ4n) is 6.04. The van der Waals surface area contributed by atoms with Gasteiger partial charge in [-0.2, -0.15) is 13.2 Å². The summed E-state index contributed by atoms with van der Waals surface area (Å²) in [5.74, 6) is 0.124. The Morgan fingerprint density at radius 3 is 2.08 bits per heavy atom. The van der Waals surface area contributed by atoms with Crippen molar-refractivity contribution in [2.45, 2.75) is 109 Å². The van der Waals surface area contributed by atoms with Crippen LogP contribution in [0.25, 0.3) is 11.1 Å². The van der Waals surface area contributed by atoms with E-state index in [2.05, 4.69) is 26.9 Å². The van der Waals surface area contributed by atoms with Crippen LogP contribution in [-0.4, -0.2) is 81.9 Å². The van der Waals surface area contributed by atoms with Gasteiger partial charge in [-0.3, -0.25) is 24.4 Å². The maximum absolute atomic E-state index is 13.6. The number of aliphatic hydroxyl groups is 1. The first-order valence-corrected chi connectivity index (χ1v) is 20.4. The van der Waals surface area contributed by atoms with Crippen molar-refractivity contribution < 1.29 is 37.1 Å². The second kappa shape index (κ2) is 25.3. The molecule has 334 valence electrons. The number of aromatic nitrogens is 1. The molecule has 1 aromatic heterocycles. The minimum absolute atomic E-state index is 0.0218. The van der Waals surface area contributed by atoms with Gasteiger partial charge >= 0.3 is 6.18 Å². The number of carbonyl (C=O) groups is 3. The zero-order valence-corrected chi connectivity index (χ0v) is 38.4. The van der Waals surface area contributed by atoms with Crippen molar-refractivity contribution in [3.63, 3.8) is 0 Å². The smallest absolute Gasteiger partial charge is 0.416 e. The molecule has 0 aliphatic heterocycles. The number of aliphatic imine (C=N–C) groups is 3. The van der Waals surface area contributed by atoms with Crippen LogP contribution < -0.4 is 5.32 Å². The summed E-state index contributed by atoms with van der Waals surface area (Å²) in [7, 11) is 1.60. The van der Waals surface area contributed by atoms with Crippen molar-refractivity contribution in [2.75, 3.05) is 32.0 Å². The predicted octanol–water partition coefficient (Wildman–Crippen LogP) is 11.2. The van der Waals surface area contributed by atoms with Gasteiger partial charge in [-0.25, -0.2) is 9.98 Å². The number of benzene rings is 2. The molecule has 0 atom stereocenters. The molecule has 0 aliphatic carbocycles. The maximum atomic E-state index is 13.6. The average Bonchev–Trinajstić information content (AvgIpc) is 3.59. The van der Waals surface area contributed by atoms with Gasteiger partial charge in [-0.15, -0.1) is 0 Å². The van der Waals surface area contributed by atoms with Gasteiger partial charge < -0.3 is 24.6 Å². The van der Waals surface area contributed by atoms with Crippen molar-refractivity contribution in [3.05, 3.63) is 92.9 Å². The SMILES string of the molecule is C=C(C(C)=O)/C(O)=C(/C)N=CC.CC.CCCN(CCC)/C(C(C)=O)=C(\CC)N(CC(=O)Nc1ccc(C(F)(F)F)cc1Cl)C(C)=NC(=NC)c1cc(C)c2nc(C)oc2c1. The number of nitrogens with one attached hydrogen (secondary N) is 1. The third-order valence-corrected chi connectivity index (χ3v) is 9.05. The Balaban J connectivity index is 0.00000114. The Morgan fingerprint density at radius 2 is 1.61 bits per heavy atom. The Kier molecular flexibility index (Phi) is 22.1. The van der Waals surface area contributed by atoms with Crippen molar-refractivity contribution in [1.29, 1.82) is 0 Å². The fourth-order valence-corrected chi connectivity index (χ4v) is 6.26. The highest BCUT2D eigenvalue weighted by atomic mass is 35.5. The molecular weight excluding hydrogens is 811 g/mol. The molecule has 1 heterocycles. The summed E-state index contributed by atoms with van der Waals surface area (Å²) in [5, 5.41) is 11.7. The Hall–Kier alpha value is -5.57. The minimum Gasteiger partial charge on any atom is -0.505 e. The summed E-state index contributed by atoms with van der Waals surface area (Å²) in [6.07, 6.45) is -1.08. The van der Waals surface area contributed by atoms with Crippen LogP contribution in [0.5, 0.6) is 0 Å². The molecule has 2 N–H and O–H groups in total. The van der Waals surface area contributed by atoms with Gasteiger partial charge in [-0.1, -0.05) is 52.8 Å². The molecular formula is C45H61ClF3N7O5. The number of rotatable bonds is 15. The van der Waals surface area contributed by atoms with E-state index in [0.29, 0.717) is 65.3 Å². The lowest BCUT2D eigenvalue weighted by molar-refractivity contribution is -0.137. The van der Waals surface area contributed by atoms with Gasteiger partial charge in [0, 0.05) is 51.5 Å². The lowest BCUT2D eigenvalue weighted by Gasteiger charge is -2.33. The van der Waals surface area contributed by atoms with Gasteiger partial charge in [-0.05, 0) is 89.8 Å². The normalized spacial score (nSPS) is 12.7. The van der Waals surface area contributed by atoms with E-state index in [1.165, 1.54) is 13.8 Å². The second-order valence-electron chi connectivity index (χ2n) is 13.5. The number of oxazole rings is 1. The van der Waals surface area contributed by atoms with Gasteiger partial charge in [0.25, 0.3) is 0 Å². The molecule has 12 nitrogen and oxygen atoms in total. The summed E-state index contributed by atoms with van der Waals surface area (Å²) in [4.78, 5) is 58.7. The maximum Gasteiger partial charge on any atom is 0.416 e. The quantitative estimate of drug-likeness (QED) is 0.0503. The van der Waals surface area contributed by atoms with E-state index in [1.54, 1.807) is 51.9 Å². The summed E-state index contributed by atoms with van der Waals surface area (Å²) in [5.41, 5.74) is 3.48. The summed E-state index contributed by atoms with van der Waals surface area (Å²) in [6.45, 7) is 25.9. The number of nitrogens with zero attached hydrogens (tertiary/aromatic N) is 6. The van der Waals surface area contributed by atoms with Crippen molar-refractivity contribution >= 4 is 63.7 Å². The van der Waals surface area contributed by atoms with Crippen LogP contribution in [0, 0.1) is 13.8 Å². The molecule has 0 aliphatic rings. The van der Waals surface area contributed by atoms with E-state index in [0.717, 1.165) is 42.1 Å². The highest BCUT2D eigenvalue weighted by Crippen LogP contribution is 2.34. The first kappa shape index (κ1) is 53.4. The number of fused-ring (bicyclic) bond motifs is 1. The minimum atomic E-state index is -4.59. The summed E-state index contributed by atoms with van der Waals surface area (Å²) < 4.78 is 45.4. The Morgan fingerprint density at radius 1 is 1.00 bits per heavy atom. The second-order valence-corrected chi connectivity index (χ2v) is 13.9. The van der Waals surface area contributed by atoms with Crippen molar-refractivity contribution in [2.24, 2.45) is 15.0 Å². The first-order valence-electron chi connectivity index (χ1n) is 20.1. The van der Waals surface area contributed by atoms with E-state index in [9.17, 15) is 32.7 Å². The molecule has 16 heteroatoms. The zero-order valence-electron chi connectivity index (χ0n) is 37.7. The number of hydrogen-bond acceptors (Lipinski definition) is 9. The number of aryl methyl sites for hydroxylation is 2. The van der Waals surface area contributed by atoms with Crippen LogP contribution in [-0.2, 0) is 20.6 Å². The molecule has 2 aromatic carbocycles. The third kappa shape index (κ3) is 15.4. The van der Waals surface area contributed by atoms with Crippen LogP contribution in [0.4, 0.5) is 18.9 Å². The summed E-state index contributed by atoms with van der Waals surface area (Å²) in [6, 6.07) is 6.42. The molecule has 0 unspecified atom stereocenters. The average molecular weight is 872 g/mol. The Bertz CT molecular complexity index is 2180. The number of Topliss-reactive ketones (excluding diaryl/α,β-unsaturated/α-hetero) is 2. The van der Waals surface area contributed by atoms with E-state index < -0.39 is 17.6 Å². The first-order chi connectivity index (χ1) is 28.6. The molecule has 0 fully saturated rings. The van der Waals surface area contributed by atoms with Crippen LogP contribution in [0.3, 0.4) is 0 Å². The number of allylic oxidation sites excluding steroid dienone is 4. The number of carbonyl (C=O) groups excluding carboxylic acids is 3. The van der Waals surface area contributed by atoms with Crippen molar-refractivity contribution in [3.8, 4) is 0 Å². The molecule has 1 amide bonds. The van der Waals surface area contributed by atoms with E-state index in [1.807, 2.05) is 52.5 Å². The lowest BCUT2D eigenvalue weighted by Crippen LogP contribution is -2.40. The molecule has 3 rings (SSSR count). The van der Waals surface area contributed by atoms with Crippen LogP contribution in [0.2, 0.25) is 5.02 Å². The van der Waals surface area contributed by atoms with E-state index in [4.69, 9.17) is 21.0 Å². The van der Waals surface area contributed by atoms with E-state index >= 15 is 0 Å². The molecule has 0 saturated carbocycles. The van der Waals surface area contributed by atoms with Crippen molar-refractivity contribution in [1.82, 2.24) is 14.8 Å². The van der Waals surface area contributed by atoms with Crippen LogP contribution in [0.1, 0.15) is 111 Å². The predicted molar refractivity (Wildman–Crippen MR) is 242 cm³/mol. The number of amides is 1. The molecule has 0 spiro atoms. The highest BCUT2D eigenvalue weighted by Gasteiger charge is 2.31. The van der Waals surface area contributed by atoms with Gasteiger partial charge in [0.1, 0.15) is 23.7 Å². The third-order valence-electron chi connectivity index (χ3n) is 8.74. The summed E-state index contributed by atoms with van der Waals surface area (Å²) >= 11 is 6.14. The molecule has 3 aromatic rings. The number of halogens is 4. The van der Waals surface area contributed by atoms with Crippen LogP contribution in [0.15, 0.2) is 84.7 Å². The number of amidine groups is 2. The fraction of sp³-hybridized carbons (Fsp3) is 0.444. The number of hydrogen-bond donors (Lipinski definition) is 2. The van der Waals surface area contributed by atoms with Gasteiger partial charge in [0.2, 0.25) is 5.91 Å². The molecule has 0 saturated heterocycles. The molecule has 0 bridgehead atoms. The lowest BCUT2D eigenvalue weighted by atomic mass is 10.1. The molecule has 61 heavy (non-hydrogen) atoms. The topological polar surface area (TPSA) is 153 Å². The number of ketones is 2. The number of anilines is 1. The number of aliphatic hydroxyl groups excluding tert-OH is 1. The van der Waals surface area contributed by atoms with E-state index in [-0.39, 0.29) is 40.2 Å². The van der Waals surface area contributed by atoms with Gasteiger partial charge in [0.15, 0.2) is 28.9 Å². The zero-order chi connectivity index (χ0) is 46.8. The van der Waals surface area contributed by atoms with Crippen LogP contribution >= 0.6 is 11.6 Å². The standard InChI is InChI=1S/C34H42ClF3N6O3.C9H13NO2.C2H6/c1-9-14-43(15-10-2)32(21(5)45)28(11-3)44(19-30(46)42-27-13-12-25(18-26(27)35)34(36,37)38)22(6)40-33(39-8)24-16-20(4)31-29(17-24)47-23(7)41-31;1-5-10-7(3)9(12)6(2)8(4)11;1-2/h12-13,16-18H,9-11,14-15,19H2,1-8H3,(H,42,46);5,12H,2H2,1,3-4H3;1-2H3/b32-28+,39-33?,40-22?;9-7+,10-5?;. The monoisotopic (exact) mass is 871 g/mol. The Labute approximate surface area is 363 Å². The van der Waals surface area contributed by atoms with Gasteiger partial charge in [0.05, 0.1) is 33.2 Å². The number of alkyl halides is 3. The molecule has 0 radical (unpaired) electrons. The highest BCUT2D eigenvalue weighted by molar-refractivity contribution is 6.33. The largest absolute Gasteiger partial charge is 0.505 e.